The fourth-order valence-electron chi connectivity index (χ4n) is 8.31. The third kappa shape index (κ3) is 14.3. The zero-order valence-electron chi connectivity index (χ0n) is 41.1. The lowest BCUT2D eigenvalue weighted by Gasteiger charge is -2.49. The molecule has 2 aliphatic rings. The molecule has 10 atom stereocenters. The van der Waals surface area contributed by atoms with Crippen molar-refractivity contribution in [2.24, 2.45) is 0 Å². The van der Waals surface area contributed by atoms with Gasteiger partial charge in [-0.15, -0.1) is 6.58 Å². The summed E-state index contributed by atoms with van der Waals surface area (Å²) in [7, 11) is 0. The Morgan fingerprint density at radius 3 is 1.18 bits per heavy atom. The number of ether oxygens (including phenoxy) is 11. The van der Waals surface area contributed by atoms with Gasteiger partial charge in [-0.3, -0.25) is 4.79 Å². The van der Waals surface area contributed by atoms with Crippen molar-refractivity contribution in [3.63, 3.8) is 0 Å². The number of rotatable bonds is 21. The SMILES string of the molecule is C=CCO[C@@H]1O[C@H](COCc2ccccc2)[C@H](O[C@@H]2O[C@H](COC(C)=O)[C@H](OC(=O)c3ccccc3)[C@H](OC(=O)c3ccccc3)[C@H]2OC(=O)c2ccccc2)[C@H](OC(=O)c2ccccc2)[C@H]1OC(=O)c1ccccc1. The van der Waals surface area contributed by atoms with Crippen LogP contribution in [0.15, 0.2) is 195 Å². The zero-order chi connectivity index (χ0) is 53.2. The maximum absolute atomic E-state index is 14.4. The second-order valence-corrected chi connectivity index (χ2v) is 17.3. The molecule has 0 aliphatic carbocycles. The Bertz CT molecular complexity index is 2850. The van der Waals surface area contributed by atoms with Gasteiger partial charge in [-0.25, -0.2) is 24.0 Å². The van der Waals surface area contributed by atoms with Crippen LogP contribution in [0.25, 0.3) is 0 Å². The molecule has 0 radical (unpaired) electrons. The van der Waals surface area contributed by atoms with Gasteiger partial charge in [0.25, 0.3) is 0 Å². The minimum Gasteiger partial charge on any atom is -0.463 e. The van der Waals surface area contributed by atoms with Gasteiger partial charge in [-0.1, -0.05) is 127 Å². The van der Waals surface area contributed by atoms with Crippen LogP contribution in [-0.2, 0) is 63.5 Å². The number of esters is 6. The molecule has 2 saturated heterocycles. The summed E-state index contributed by atoms with van der Waals surface area (Å²) >= 11 is 0. The van der Waals surface area contributed by atoms with E-state index in [-0.39, 0.29) is 47.6 Å². The number of benzene rings is 6. The van der Waals surface area contributed by atoms with Gasteiger partial charge < -0.3 is 52.1 Å². The highest BCUT2D eigenvalue weighted by atomic mass is 16.8. The average Bonchev–Trinajstić information content (AvgIpc) is 3.48. The predicted octanol–water partition coefficient (Wildman–Crippen LogP) is 7.93. The second kappa shape index (κ2) is 26.8. The standard InChI is InChI=1S/C59H54O17/c1-3-34-67-58-51(74-56(64)43-30-18-8-19-31-43)50(73-55(63)42-28-16-7-17-29-42)48(45(69-58)36-66-35-39-22-10-4-11-23-39)76-59-52(75-57(65)44-32-20-9-21-33-44)49(72-54(62)41-26-14-6-15-27-41)47(46(70-59)37-68-38(2)60)71-53(61)40-24-12-5-13-25-40/h3-33,45-52,58-59H,1,34-37H2,2H3/t45-,46-,47+,48+,49+,50+,51-,52-,58-,59+/m1/s1. The van der Waals surface area contributed by atoms with Crippen LogP contribution in [-0.4, -0.2) is 117 Å². The molecule has 6 aromatic carbocycles. The molecule has 2 fully saturated rings. The highest BCUT2D eigenvalue weighted by molar-refractivity contribution is 5.92. The van der Waals surface area contributed by atoms with E-state index in [9.17, 15) is 28.8 Å². The van der Waals surface area contributed by atoms with Crippen LogP contribution in [0.1, 0.15) is 64.3 Å². The molecule has 76 heavy (non-hydrogen) atoms. The molecule has 2 aliphatic heterocycles. The van der Waals surface area contributed by atoms with E-state index in [0.717, 1.165) is 12.5 Å². The molecule has 0 N–H and O–H groups in total. The van der Waals surface area contributed by atoms with E-state index in [1.807, 2.05) is 30.3 Å². The molecule has 8 rings (SSSR count). The molecule has 0 saturated carbocycles. The van der Waals surface area contributed by atoms with Crippen molar-refractivity contribution in [1.82, 2.24) is 0 Å². The van der Waals surface area contributed by atoms with Crippen LogP contribution in [0.4, 0.5) is 0 Å². The Morgan fingerprint density at radius 2 is 0.776 bits per heavy atom. The molecule has 392 valence electrons. The third-order valence-electron chi connectivity index (χ3n) is 12.0. The van der Waals surface area contributed by atoms with Crippen molar-refractivity contribution in [3.05, 3.63) is 228 Å². The summed E-state index contributed by atoms with van der Waals surface area (Å²) in [6.07, 6.45) is -15.2. The number of hydrogen-bond donors (Lipinski definition) is 0. The van der Waals surface area contributed by atoms with Gasteiger partial charge in [0.15, 0.2) is 43.1 Å². The highest BCUT2D eigenvalue weighted by Gasteiger charge is 2.58. The van der Waals surface area contributed by atoms with Crippen LogP contribution in [0, 0.1) is 0 Å². The molecular weight excluding hydrogens is 981 g/mol. The van der Waals surface area contributed by atoms with Crippen LogP contribution in [0.3, 0.4) is 0 Å². The molecule has 6 aromatic rings. The zero-order valence-corrected chi connectivity index (χ0v) is 41.1. The Labute approximate surface area is 438 Å². The Kier molecular flexibility index (Phi) is 19.0. The van der Waals surface area contributed by atoms with Gasteiger partial charge in [0.05, 0.1) is 47.6 Å². The molecule has 17 nitrogen and oxygen atoms in total. The fraction of sp³-hybridized carbons (Fsp3) is 0.254. The van der Waals surface area contributed by atoms with Crippen molar-refractivity contribution in [2.45, 2.75) is 74.9 Å². The monoisotopic (exact) mass is 1030 g/mol. The van der Waals surface area contributed by atoms with Crippen molar-refractivity contribution in [2.75, 3.05) is 19.8 Å². The van der Waals surface area contributed by atoms with E-state index in [1.165, 1.54) is 66.7 Å². The quantitative estimate of drug-likeness (QED) is 0.0381. The molecule has 0 bridgehead atoms. The predicted molar refractivity (Wildman–Crippen MR) is 269 cm³/mol. The average molecular weight is 1040 g/mol. The lowest BCUT2D eigenvalue weighted by molar-refractivity contribution is -0.356. The Hall–Kier alpha value is -8.32. The van der Waals surface area contributed by atoms with E-state index in [0.29, 0.717) is 0 Å². The molecule has 2 heterocycles. The van der Waals surface area contributed by atoms with Gasteiger partial charge in [-0.05, 0) is 66.2 Å². The van der Waals surface area contributed by atoms with E-state index in [1.54, 1.807) is 91.0 Å². The van der Waals surface area contributed by atoms with E-state index in [4.69, 9.17) is 52.1 Å². The van der Waals surface area contributed by atoms with E-state index in [2.05, 4.69) is 6.58 Å². The second-order valence-electron chi connectivity index (χ2n) is 17.3. The van der Waals surface area contributed by atoms with Gasteiger partial charge in [0, 0.05) is 6.92 Å². The summed E-state index contributed by atoms with van der Waals surface area (Å²) in [6, 6.07) is 48.8. The number of carbonyl (C=O) groups is 6. The minimum absolute atomic E-state index is 0.0483. The van der Waals surface area contributed by atoms with Crippen molar-refractivity contribution in [1.29, 1.82) is 0 Å². The summed E-state index contributed by atoms with van der Waals surface area (Å²) in [5, 5.41) is 0. The Morgan fingerprint density at radius 1 is 0.434 bits per heavy atom. The molecule has 17 heteroatoms. The minimum atomic E-state index is -1.92. The number of carbonyl (C=O) groups excluding carboxylic acids is 6. The molecule has 0 spiro atoms. The van der Waals surface area contributed by atoms with Crippen LogP contribution in [0.2, 0.25) is 0 Å². The first kappa shape index (κ1) is 54.0. The maximum Gasteiger partial charge on any atom is 0.338 e. The summed E-state index contributed by atoms with van der Waals surface area (Å²) in [6.45, 7) is 3.90. The van der Waals surface area contributed by atoms with Crippen molar-refractivity contribution in [3.8, 4) is 0 Å². The van der Waals surface area contributed by atoms with Crippen molar-refractivity contribution < 1.29 is 80.9 Å². The first-order valence-corrected chi connectivity index (χ1v) is 24.3. The van der Waals surface area contributed by atoms with Gasteiger partial charge in [-0.2, -0.15) is 0 Å². The van der Waals surface area contributed by atoms with Crippen LogP contribution >= 0.6 is 0 Å². The summed E-state index contributed by atoms with van der Waals surface area (Å²) in [5.41, 5.74) is 1.20. The molecule has 0 amide bonds. The van der Waals surface area contributed by atoms with Gasteiger partial charge in [0.1, 0.15) is 24.9 Å². The van der Waals surface area contributed by atoms with Crippen LogP contribution in [0.5, 0.6) is 0 Å². The first-order valence-electron chi connectivity index (χ1n) is 24.3. The van der Waals surface area contributed by atoms with E-state index >= 15 is 0 Å². The lowest BCUT2D eigenvalue weighted by atomic mass is 9.95. The fourth-order valence-corrected chi connectivity index (χ4v) is 8.31. The molecule has 0 unspecified atom stereocenters. The summed E-state index contributed by atoms with van der Waals surface area (Å²) in [4.78, 5) is 84.0. The van der Waals surface area contributed by atoms with Gasteiger partial charge >= 0.3 is 35.8 Å². The van der Waals surface area contributed by atoms with E-state index < -0.39 is 104 Å². The third-order valence-corrected chi connectivity index (χ3v) is 12.0. The normalized spacial score (nSPS) is 22.9. The smallest absolute Gasteiger partial charge is 0.338 e. The van der Waals surface area contributed by atoms with Gasteiger partial charge in [0.2, 0.25) is 0 Å². The number of hydrogen-bond acceptors (Lipinski definition) is 17. The summed E-state index contributed by atoms with van der Waals surface area (Å²) < 4.78 is 69.5. The maximum atomic E-state index is 14.4. The van der Waals surface area contributed by atoms with Crippen LogP contribution < -0.4 is 0 Å². The molecule has 0 aromatic heterocycles. The lowest BCUT2D eigenvalue weighted by Crippen LogP contribution is -2.67. The topological polar surface area (TPSA) is 204 Å². The van der Waals surface area contributed by atoms with Crippen molar-refractivity contribution >= 4 is 35.8 Å². The summed E-state index contributed by atoms with van der Waals surface area (Å²) in [5.74, 6) is -5.33. The largest absolute Gasteiger partial charge is 0.463 e. The highest BCUT2D eigenvalue weighted by Crippen LogP contribution is 2.37. The first-order chi connectivity index (χ1) is 37.1. The Balaban J connectivity index is 1.28. The molecular formula is C59H54O17.